The highest BCUT2D eigenvalue weighted by Crippen LogP contribution is 2.28. The molecule has 4 nitrogen and oxygen atoms in total. The molecule has 4 heteroatoms. The summed E-state index contributed by atoms with van der Waals surface area (Å²) in [6.07, 6.45) is 2.89. The van der Waals surface area contributed by atoms with Gasteiger partial charge >= 0.3 is 0 Å². The second kappa shape index (κ2) is 5.59. The molecule has 0 amide bonds. The molecule has 0 spiro atoms. The van der Waals surface area contributed by atoms with Gasteiger partial charge in [-0.25, -0.2) is 0 Å². The van der Waals surface area contributed by atoms with Crippen LogP contribution < -0.4 is 0 Å². The summed E-state index contributed by atoms with van der Waals surface area (Å²) in [4.78, 5) is 11.5. The topological polar surface area (TPSA) is 44.1 Å². The summed E-state index contributed by atoms with van der Waals surface area (Å²) >= 11 is 0. The smallest absolute Gasteiger partial charge is 0.138 e. The van der Waals surface area contributed by atoms with E-state index in [1.54, 1.807) is 0 Å². The van der Waals surface area contributed by atoms with Gasteiger partial charge in [0.1, 0.15) is 5.78 Å². The highest BCUT2D eigenvalue weighted by Gasteiger charge is 2.24. The minimum absolute atomic E-state index is 0.124. The van der Waals surface area contributed by atoms with Crippen LogP contribution in [0.5, 0.6) is 0 Å². The van der Waals surface area contributed by atoms with E-state index in [0.717, 1.165) is 17.8 Å². The third-order valence-corrected chi connectivity index (χ3v) is 3.63. The maximum atomic E-state index is 11.5. The van der Waals surface area contributed by atoms with E-state index in [2.05, 4.69) is 17.2 Å². The minimum atomic E-state index is -0.124. The third kappa shape index (κ3) is 2.80. The second-order valence-corrected chi connectivity index (χ2v) is 5.21. The number of hydrogen-bond donors (Lipinski definition) is 0. The Labute approximate surface area is 118 Å². The van der Waals surface area contributed by atoms with Crippen molar-refractivity contribution in [2.24, 2.45) is 0 Å². The average molecular weight is 270 g/mol. The van der Waals surface area contributed by atoms with Crippen LogP contribution in [0.3, 0.4) is 0 Å². The van der Waals surface area contributed by atoms with Crippen LogP contribution in [0.15, 0.2) is 36.5 Å². The maximum absolute atomic E-state index is 11.5. The molecule has 1 saturated heterocycles. The Morgan fingerprint density at radius 2 is 2.15 bits per heavy atom. The van der Waals surface area contributed by atoms with Gasteiger partial charge in [-0.2, -0.15) is 5.10 Å². The molecule has 0 bridgehead atoms. The number of Topliss-reactive ketones (excluding diaryl/α,β-unsaturated/α-hetero) is 1. The lowest BCUT2D eigenvalue weighted by atomic mass is 10.0. The summed E-state index contributed by atoms with van der Waals surface area (Å²) in [6, 6.07) is 10.2. The molecule has 3 rings (SSSR count). The van der Waals surface area contributed by atoms with Crippen LogP contribution in [0.4, 0.5) is 0 Å². The molecule has 1 aliphatic rings. The van der Waals surface area contributed by atoms with E-state index < -0.39 is 0 Å². The number of rotatable bonds is 3. The lowest BCUT2D eigenvalue weighted by Gasteiger charge is -2.21. The van der Waals surface area contributed by atoms with E-state index in [-0.39, 0.29) is 11.9 Å². The molecular formula is C16H18N2O2. The van der Waals surface area contributed by atoms with Crippen molar-refractivity contribution in [1.29, 1.82) is 0 Å². The molecule has 0 saturated carbocycles. The first-order valence-electron chi connectivity index (χ1n) is 6.93. The summed E-state index contributed by atoms with van der Waals surface area (Å²) in [5.41, 5.74) is 3.19. The molecule has 2 heterocycles. The van der Waals surface area contributed by atoms with Gasteiger partial charge in [0.25, 0.3) is 0 Å². The molecule has 104 valence electrons. The van der Waals surface area contributed by atoms with E-state index in [1.807, 2.05) is 36.0 Å². The lowest BCUT2D eigenvalue weighted by Crippen LogP contribution is -2.19. The first kappa shape index (κ1) is 13.1. The van der Waals surface area contributed by atoms with Gasteiger partial charge in [0.2, 0.25) is 0 Å². The fourth-order valence-corrected chi connectivity index (χ4v) is 2.58. The zero-order chi connectivity index (χ0) is 13.9. The van der Waals surface area contributed by atoms with Crippen molar-refractivity contribution < 1.29 is 9.53 Å². The van der Waals surface area contributed by atoms with E-state index >= 15 is 0 Å². The van der Waals surface area contributed by atoms with E-state index in [1.165, 1.54) is 5.56 Å². The van der Waals surface area contributed by atoms with E-state index in [4.69, 9.17) is 4.74 Å². The van der Waals surface area contributed by atoms with Crippen molar-refractivity contribution >= 4 is 5.78 Å². The molecule has 20 heavy (non-hydrogen) atoms. The normalized spacial score (nSPS) is 19.2. The predicted octanol–water partition coefficient (Wildman–Crippen LogP) is 2.66. The van der Waals surface area contributed by atoms with Crippen LogP contribution in [0, 0.1) is 6.92 Å². The van der Waals surface area contributed by atoms with Crippen LogP contribution in [0.1, 0.15) is 35.8 Å². The van der Waals surface area contributed by atoms with Crippen molar-refractivity contribution in [1.82, 2.24) is 9.78 Å². The summed E-state index contributed by atoms with van der Waals surface area (Å²) in [7, 11) is 0. The number of benzene rings is 1. The van der Waals surface area contributed by atoms with E-state index in [0.29, 0.717) is 19.4 Å². The van der Waals surface area contributed by atoms with Crippen molar-refractivity contribution in [2.75, 3.05) is 6.61 Å². The Balaban J connectivity index is 1.78. The Morgan fingerprint density at radius 3 is 2.90 bits per heavy atom. The van der Waals surface area contributed by atoms with Gasteiger partial charge in [-0.05, 0) is 12.5 Å². The maximum Gasteiger partial charge on any atom is 0.138 e. The van der Waals surface area contributed by atoms with Crippen LogP contribution in [-0.2, 0) is 16.1 Å². The summed E-state index contributed by atoms with van der Waals surface area (Å²) in [5, 5.41) is 4.53. The molecule has 2 aromatic rings. The number of carbonyl (C=O) groups excluding carboxylic acids is 1. The van der Waals surface area contributed by atoms with E-state index in [9.17, 15) is 4.79 Å². The number of ether oxygens (including phenoxy) is 1. The number of ketones is 1. The van der Waals surface area contributed by atoms with Gasteiger partial charge in [0, 0.05) is 24.6 Å². The standard InChI is InChI=1S/C16H18N2O2/c1-12-15(16-9-14(19)7-8-20-16)11-18(17-12)10-13-5-3-2-4-6-13/h2-6,11,16H,7-10H2,1H3. The molecule has 0 N–H and O–H groups in total. The Hall–Kier alpha value is -1.94. The summed E-state index contributed by atoms with van der Waals surface area (Å²) in [6.45, 7) is 3.23. The zero-order valence-corrected chi connectivity index (χ0v) is 11.6. The fourth-order valence-electron chi connectivity index (χ4n) is 2.58. The molecule has 1 aromatic heterocycles. The summed E-state index contributed by atoms with van der Waals surface area (Å²) in [5.74, 6) is 0.274. The molecule has 1 unspecified atom stereocenters. The number of hydrogen-bond acceptors (Lipinski definition) is 3. The van der Waals surface area contributed by atoms with Crippen molar-refractivity contribution in [3.05, 3.63) is 53.3 Å². The number of carbonyl (C=O) groups is 1. The van der Waals surface area contributed by atoms with Gasteiger partial charge in [-0.1, -0.05) is 30.3 Å². The quantitative estimate of drug-likeness (QED) is 0.861. The fraction of sp³-hybridized carbons (Fsp3) is 0.375. The molecule has 1 atom stereocenters. The number of nitrogens with zero attached hydrogens (tertiary/aromatic N) is 2. The highest BCUT2D eigenvalue weighted by atomic mass is 16.5. The highest BCUT2D eigenvalue weighted by molar-refractivity contribution is 5.79. The molecule has 1 aliphatic heterocycles. The van der Waals surface area contributed by atoms with Crippen molar-refractivity contribution in [3.8, 4) is 0 Å². The Kier molecular flexibility index (Phi) is 3.65. The van der Waals surface area contributed by atoms with Gasteiger partial charge < -0.3 is 4.74 Å². The average Bonchev–Trinajstić information content (AvgIpc) is 2.81. The monoisotopic (exact) mass is 270 g/mol. The van der Waals surface area contributed by atoms with Crippen LogP contribution in [0.25, 0.3) is 0 Å². The van der Waals surface area contributed by atoms with Crippen LogP contribution >= 0.6 is 0 Å². The van der Waals surface area contributed by atoms with Gasteiger partial charge in [-0.15, -0.1) is 0 Å². The minimum Gasteiger partial charge on any atom is -0.372 e. The predicted molar refractivity (Wildman–Crippen MR) is 75.4 cm³/mol. The van der Waals surface area contributed by atoms with Gasteiger partial charge in [0.05, 0.1) is 24.9 Å². The molecule has 1 fully saturated rings. The van der Waals surface area contributed by atoms with Crippen LogP contribution in [-0.4, -0.2) is 22.2 Å². The SMILES string of the molecule is Cc1nn(Cc2ccccc2)cc1C1CC(=O)CCO1. The Morgan fingerprint density at radius 1 is 1.35 bits per heavy atom. The zero-order valence-electron chi connectivity index (χ0n) is 11.6. The van der Waals surface area contributed by atoms with Gasteiger partial charge in [-0.3, -0.25) is 9.48 Å². The van der Waals surface area contributed by atoms with Crippen molar-refractivity contribution in [3.63, 3.8) is 0 Å². The third-order valence-electron chi connectivity index (χ3n) is 3.63. The lowest BCUT2D eigenvalue weighted by molar-refractivity contribution is -0.128. The molecule has 0 radical (unpaired) electrons. The number of aryl methyl sites for hydroxylation is 1. The summed E-state index contributed by atoms with van der Waals surface area (Å²) < 4.78 is 7.62. The molecule has 0 aliphatic carbocycles. The first-order valence-corrected chi connectivity index (χ1v) is 6.93. The van der Waals surface area contributed by atoms with Crippen LogP contribution in [0.2, 0.25) is 0 Å². The Bertz CT molecular complexity index is 604. The molecular weight excluding hydrogens is 252 g/mol. The first-order chi connectivity index (χ1) is 9.72. The van der Waals surface area contributed by atoms with Gasteiger partial charge in [0.15, 0.2) is 0 Å². The largest absolute Gasteiger partial charge is 0.372 e. The van der Waals surface area contributed by atoms with Crippen molar-refractivity contribution in [2.45, 2.75) is 32.4 Å². The number of aromatic nitrogens is 2. The molecule has 1 aromatic carbocycles. The second-order valence-electron chi connectivity index (χ2n) is 5.21.